The second-order valence-corrected chi connectivity index (χ2v) is 6.08. The fraction of sp³-hybridized carbons (Fsp3) is 0.833. The zero-order chi connectivity index (χ0) is 16.6. The molecule has 0 amide bonds. The Hall–Kier alpha value is -0.870. The molecule has 0 saturated carbocycles. The molecule has 2 unspecified atom stereocenters. The molecule has 0 radical (unpaired) electrons. The molecule has 4 nitrogen and oxygen atoms in total. The maximum atomic E-state index is 10.3. The summed E-state index contributed by atoms with van der Waals surface area (Å²) in [5.74, 6) is -0.723. The number of hydrogen-bond donors (Lipinski definition) is 3. The van der Waals surface area contributed by atoms with Gasteiger partial charge in [-0.15, -0.1) is 0 Å². The molecule has 130 valence electrons. The van der Waals surface area contributed by atoms with E-state index in [0.29, 0.717) is 6.42 Å². The standard InChI is InChI=1S/C18H34O4/c1-2-3-7-11-16(19)13-10-14-17(20)12-8-5-4-6-9-15-18(21)22/h10,13,16-17,19-20H,2-9,11-12,14-15H2,1H3,(H,21,22). The first-order valence-corrected chi connectivity index (χ1v) is 8.80. The van der Waals surface area contributed by atoms with Gasteiger partial charge >= 0.3 is 5.97 Å². The van der Waals surface area contributed by atoms with E-state index < -0.39 is 5.97 Å². The van der Waals surface area contributed by atoms with Crippen LogP contribution >= 0.6 is 0 Å². The van der Waals surface area contributed by atoms with Crippen LogP contribution in [0.1, 0.15) is 84.0 Å². The lowest BCUT2D eigenvalue weighted by Crippen LogP contribution is -2.06. The molecule has 0 bridgehead atoms. The molecule has 0 aliphatic heterocycles. The number of carboxylic acid groups (broad SMARTS) is 1. The summed E-state index contributed by atoms with van der Waals surface area (Å²) in [6, 6.07) is 0. The second kappa shape index (κ2) is 15.0. The number of hydrogen-bond acceptors (Lipinski definition) is 3. The van der Waals surface area contributed by atoms with Crippen LogP contribution < -0.4 is 0 Å². The molecule has 0 fully saturated rings. The SMILES string of the molecule is CCCCCC(O)C=CCC(O)CCCCCCCC(=O)O. The third kappa shape index (κ3) is 15.5. The van der Waals surface area contributed by atoms with Crippen LogP contribution in [0.15, 0.2) is 12.2 Å². The van der Waals surface area contributed by atoms with Gasteiger partial charge in [0.05, 0.1) is 12.2 Å². The van der Waals surface area contributed by atoms with Crippen molar-refractivity contribution in [1.29, 1.82) is 0 Å². The Kier molecular flexibility index (Phi) is 14.4. The van der Waals surface area contributed by atoms with E-state index >= 15 is 0 Å². The Labute approximate surface area is 135 Å². The first-order chi connectivity index (χ1) is 10.6. The summed E-state index contributed by atoms with van der Waals surface area (Å²) >= 11 is 0. The Bertz CT molecular complexity index is 289. The molecule has 0 aromatic carbocycles. The highest BCUT2D eigenvalue weighted by Gasteiger charge is 2.03. The van der Waals surface area contributed by atoms with Crippen molar-refractivity contribution >= 4 is 5.97 Å². The van der Waals surface area contributed by atoms with Crippen molar-refractivity contribution in [3.05, 3.63) is 12.2 Å². The van der Waals surface area contributed by atoms with E-state index in [1.807, 2.05) is 6.08 Å². The molecule has 2 atom stereocenters. The summed E-state index contributed by atoms with van der Waals surface area (Å²) in [6.45, 7) is 2.14. The van der Waals surface area contributed by atoms with Crippen molar-refractivity contribution < 1.29 is 20.1 Å². The van der Waals surface area contributed by atoms with Crippen LogP contribution in [-0.4, -0.2) is 33.5 Å². The zero-order valence-electron chi connectivity index (χ0n) is 14.0. The van der Waals surface area contributed by atoms with Crippen molar-refractivity contribution in [2.75, 3.05) is 0 Å². The predicted molar refractivity (Wildman–Crippen MR) is 89.9 cm³/mol. The van der Waals surface area contributed by atoms with Gasteiger partial charge in [0, 0.05) is 6.42 Å². The highest BCUT2D eigenvalue weighted by Crippen LogP contribution is 2.11. The topological polar surface area (TPSA) is 77.8 Å². The van der Waals surface area contributed by atoms with E-state index in [2.05, 4.69) is 6.92 Å². The minimum absolute atomic E-state index is 0.258. The van der Waals surface area contributed by atoms with Gasteiger partial charge in [-0.25, -0.2) is 0 Å². The summed E-state index contributed by atoms with van der Waals surface area (Å²) in [6.07, 6.45) is 13.5. The largest absolute Gasteiger partial charge is 0.481 e. The average Bonchev–Trinajstić information content (AvgIpc) is 2.46. The molecule has 0 aromatic heterocycles. The quantitative estimate of drug-likeness (QED) is 0.315. The lowest BCUT2D eigenvalue weighted by atomic mass is 10.0. The van der Waals surface area contributed by atoms with E-state index in [1.165, 1.54) is 0 Å². The van der Waals surface area contributed by atoms with Crippen LogP contribution in [0.2, 0.25) is 0 Å². The Morgan fingerprint density at radius 1 is 0.955 bits per heavy atom. The third-order valence-electron chi connectivity index (χ3n) is 3.80. The van der Waals surface area contributed by atoms with Gasteiger partial charge in [0.15, 0.2) is 0 Å². The van der Waals surface area contributed by atoms with Gasteiger partial charge in [0.1, 0.15) is 0 Å². The maximum Gasteiger partial charge on any atom is 0.303 e. The first-order valence-electron chi connectivity index (χ1n) is 8.80. The molecular formula is C18H34O4. The Morgan fingerprint density at radius 3 is 2.27 bits per heavy atom. The van der Waals surface area contributed by atoms with Crippen LogP contribution in [0.4, 0.5) is 0 Å². The van der Waals surface area contributed by atoms with Crippen LogP contribution in [0.25, 0.3) is 0 Å². The third-order valence-corrected chi connectivity index (χ3v) is 3.80. The molecule has 0 aliphatic carbocycles. The fourth-order valence-corrected chi connectivity index (χ4v) is 2.40. The molecule has 0 aliphatic rings. The van der Waals surface area contributed by atoms with Crippen LogP contribution in [0, 0.1) is 0 Å². The monoisotopic (exact) mass is 314 g/mol. The van der Waals surface area contributed by atoms with E-state index in [9.17, 15) is 15.0 Å². The zero-order valence-corrected chi connectivity index (χ0v) is 14.0. The van der Waals surface area contributed by atoms with Gasteiger partial charge in [-0.2, -0.15) is 0 Å². The molecular weight excluding hydrogens is 280 g/mol. The summed E-state index contributed by atoms with van der Waals surface area (Å²) in [7, 11) is 0. The average molecular weight is 314 g/mol. The molecule has 0 rings (SSSR count). The van der Waals surface area contributed by atoms with Crippen LogP contribution in [-0.2, 0) is 4.79 Å². The number of carbonyl (C=O) groups is 1. The summed E-state index contributed by atoms with van der Waals surface area (Å²) in [5, 5.41) is 28.1. The van der Waals surface area contributed by atoms with Crippen molar-refractivity contribution in [2.45, 2.75) is 96.2 Å². The molecule has 0 spiro atoms. The Morgan fingerprint density at radius 2 is 1.59 bits per heavy atom. The highest BCUT2D eigenvalue weighted by atomic mass is 16.4. The van der Waals surface area contributed by atoms with E-state index in [4.69, 9.17) is 5.11 Å². The van der Waals surface area contributed by atoms with Crippen LogP contribution in [0.3, 0.4) is 0 Å². The number of aliphatic hydroxyl groups excluding tert-OH is 2. The minimum Gasteiger partial charge on any atom is -0.481 e. The molecule has 3 N–H and O–H groups in total. The van der Waals surface area contributed by atoms with Crippen molar-refractivity contribution in [3.63, 3.8) is 0 Å². The molecule has 22 heavy (non-hydrogen) atoms. The van der Waals surface area contributed by atoms with Gasteiger partial charge < -0.3 is 15.3 Å². The summed E-state index contributed by atoms with van der Waals surface area (Å²) in [4.78, 5) is 10.3. The predicted octanol–water partition coefficient (Wildman–Crippen LogP) is 4.05. The van der Waals surface area contributed by atoms with Gasteiger partial charge in [-0.05, 0) is 25.7 Å². The highest BCUT2D eigenvalue weighted by molar-refractivity contribution is 5.66. The lowest BCUT2D eigenvalue weighted by Gasteiger charge is -2.08. The fourth-order valence-electron chi connectivity index (χ4n) is 2.40. The van der Waals surface area contributed by atoms with E-state index in [1.54, 1.807) is 6.08 Å². The van der Waals surface area contributed by atoms with Gasteiger partial charge in [0.2, 0.25) is 0 Å². The second-order valence-electron chi connectivity index (χ2n) is 6.08. The van der Waals surface area contributed by atoms with Gasteiger partial charge in [-0.1, -0.05) is 64.0 Å². The number of unbranched alkanes of at least 4 members (excludes halogenated alkanes) is 6. The molecule has 0 saturated heterocycles. The lowest BCUT2D eigenvalue weighted by molar-refractivity contribution is -0.137. The number of carboxylic acids is 1. The van der Waals surface area contributed by atoms with Crippen molar-refractivity contribution in [3.8, 4) is 0 Å². The number of rotatable bonds is 15. The van der Waals surface area contributed by atoms with Crippen LogP contribution in [0.5, 0.6) is 0 Å². The molecule has 4 heteroatoms. The molecule has 0 heterocycles. The number of aliphatic hydroxyl groups is 2. The normalized spacial score (nSPS) is 14.3. The first kappa shape index (κ1) is 21.1. The van der Waals surface area contributed by atoms with E-state index in [-0.39, 0.29) is 18.6 Å². The number of aliphatic carboxylic acids is 1. The van der Waals surface area contributed by atoms with E-state index in [0.717, 1.165) is 64.2 Å². The molecule has 0 aromatic rings. The smallest absolute Gasteiger partial charge is 0.303 e. The summed E-state index contributed by atoms with van der Waals surface area (Å²) < 4.78 is 0. The summed E-state index contributed by atoms with van der Waals surface area (Å²) in [5.41, 5.74) is 0. The van der Waals surface area contributed by atoms with Crippen molar-refractivity contribution in [1.82, 2.24) is 0 Å². The van der Waals surface area contributed by atoms with Gasteiger partial charge in [0.25, 0.3) is 0 Å². The maximum absolute atomic E-state index is 10.3. The Balaban J connectivity index is 3.45. The minimum atomic E-state index is -0.723. The van der Waals surface area contributed by atoms with Crippen molar-refractivity contribution in [2.24, 2.45) is 0 Å². The van der Waals surface area contributed by atoms with Gasteiger partial charge in [-0.3, -0.25) is 4.79 Å².